The molecule has 2 rings (SSSR count). The van der Waals surface area contributed by atoms with Gasteiger partial charge in [0.05, 0.1) is 0 Å². The number of hydrogen-bond acceptors (Lipinski definition) is 3. The van der Waals surface area contributed by atoms with Crippen LogP contribution in [0.3, 0.4) is 0 Å². The summed E-state index contributed by atoms with van der Waals surface area (Å²) in [7, 11) is 0. The van der Waals surface area contributed by atoms with Crippen LogP contribution in [0.4, 0.5) is 0 Å². The largest absolute Gasteiger partial charge is 0.340 e. The SMILES string of the molecule is CC(=O)N1C(=O)[C@@]2(CC=CCC2)NC(=O)[C@@H]1C. The fraction of sp³-hybridized carbons (Fsp3) is 0.583. The van der Waals surface area contributed by atoms with Crippen molar-refractivity contribution in [3.63, 3.8) is 0 Å². The quantitative estimate of drug-likeness (QED) is 0.617. The van der Waals surface area contributed by atoms with Crippen molar-refractivity contribution in [2.75, 3.05) is 0 Å². The van der Waals surface area contributed by atoms with E-state index in [0.717, 1.165) is 11.3 Å². The molecule has 0 radical (unpaired) electrons. The number of nitrogens with zero attached hydrogens (tertiary/aromatic N) is 1. The highest BCUT2D eigenvalue weighted by molar-refractivity contribution is 6.08. The van der Waals surface area contributed by atoms with Crippen LogP contribution >= 0.6 is 0 Å². The second-order valence-electron chi connectivity index (χ2n) is 4.66. The maximum absolute atomic E-state index is 12.4. The molecule has 2 aliphatic rings. The van der Waals surface area contributed by atoms with Crippen LogP contribution < -0.4 is 5.32 Å². The molecular weight excluding hydrogens is 220 g/mol. The van der Waals surface area contributed by atoms with Crippen LogP contribution in [0.5, 0.6) is 0 Å². The predicted molar refractivity (Wildman–Crippen MR) is 60.9 cm³/mol. The highest BCUT2D eigenvalue weighted by atomic mass is 16.2. The van der Waals surface area contributed by atoms with Gasteiger partial charge in [-0.1, -0.05) is 12.2 Å². The number of allylic oxidation sites excluding steroid dienone is 1. The zero-order valence-electron chi connectivity index (χ0n) is 10.0. The summed E-state index contributed by atoms with van der Waals surface area (Å²) in [4.78, 5) is 36.8. The Hall–Kier alpha value is -1.65. The molecule has 0 aromatic carbocycles. The van der Waals surface area contributed by atoms with Crippen molar-refractivity contribution in [2.45, 2.75) is 44.7 Å². The average Bonchev–Trinajstić information content (AvgIpc) is 2.28. The molecule has 3 amide bonds. The maximum Gasteiger partial charge on any atom is 0.255 e. The lowest BCUT2D eigenvalue weighted by molar-refractivity contribution is -0.161. The van der Waals surface area contributed by atoms with Crippen LogP contribution in [0, 0.1) is 0 Å². The van der Waals surface area contributed by atoms with Crippen LogP contribution in [0.2, 0.25) is 0 Å². The fourth-order valence-corrected chi connectivity index (χ4v) is 2.48. The second kappa shape index (κ2) is 3.98. The molecule has 5 heteroatoms. The van der Waals surface area contributed by atoms with Crippen LogP contribution in [0.25, 0.3) is 0 Å². The highest BCUT2D eigenvalue weighted by Crippen LogP contribution is 2.30. The number of carbonyl (C=O) groups is 3. The lowest BCUT2D eigenvalue weighted by Gasteiger charge is -2.44. The molecule has 92 valence electrons. The van der Waals surface area contributed by atoms with Crippen molar-refractivity contribution in [2.24, 2.45) is 0 Å². The monoisotopic (exact) mass is 236 g/mol. The molecule has 0 aromatic heterocycles. The first kappa shape index (κ1) is 11.8. The van der Waals surface area contributed by atoms with Gasteiger partial charge in [0.2, 0.25) is 11.8 Å². The number of nitrogens with one attached hydrogen (secondary N) is 1. The molecule has 2 atom stereocenters. The van der Waals surface area contributed by atoms with E-state index in [4.69, 9.17) is 0 Å². The van der Waals surface area contributed by atoms with E-state index in [2.05, 4.69) is 5.32 Å². The van der Waals surface area contributed by atoms with Crippen molar-refractivity contribution >= 4 is 17.7 Å². The summed E-state index contributed by atoms with van der Waals surface area (Å²) in [5.41, 5.74) is -0.899. The Morgan fingerprint density at radius 1 is 1.47 bits per heavy atom. The third-order valence-corrected chi connectivity index (χ3v) is 3.47. The van der Waals surface area contributed by atoms with Gasteiger partial charge in [-0.25, -0.2) is 0 Å². The zero-order chi connectivity index (χ0) is 12.6. The van der Waals surface area contributed by atoms with Crippen molar-refractivity contribution < 1.29 is 14.4 Å². The molecule has 1 heterocycles. The normalized spacial score (nSPS) is 32.8. The third kappa shape index (κ3) is 1.75. The summed E-state index contributed by atoms with van der Waals surface area (Å²) in [6, 6.07) is -0.712. The second-order valence-corrected chi connectivity index (χ2v) is 4.66. The van der Waals surface area contributed by atoms with Crippen LogP contribution in [0.15, 0.2) is 12.2 Å². The number of carbonyl (C=O) groups excluding carboxylic acids is 3. The molecule has 0 bridgehead atoms. The number of rotatable bonds is 0. The number of imide groups is 1. The lowest BCUT2D eigenvalue weighted by atomic mass is 9.82. The first-order chi connectivity index (χ1) is 7.98. The Balaban J connectivity index is 2.37. The zero-order valence-corrected chi connectivity index (χ0v) is 10.0. The Labute approximate surface area is 99.8 Å². The van der Waals surface area contributed by atoms with Gasteiger partial charge in [-0.3, -0.25) is 19.3 Å². The van der Waals surface area contributed by atoms with E-state index in [1.54, 1.807) is 6.92 Å². The van der Waals surface area contributed by atoms with E-state index in [1.807, 2.05) is 12.2 Å². The van der Waals surface area contributed by atoms with E-state index >= 15 is 0 Å². The highest BCUT2D eigenvalue weighted by Gasteiger charge is 2.50. The third-order valence-electron chi connectivity index (χ3n) is 3.47. The molecule has 1 aliphatic heterocycles. The standard InChI is InChI=1S/C12H16N2O3/c1-8-10(16)13-12(6-4-3-5-7-12)11(17)14(8)9(2)15/h3-4,8H,5-7H2,1-2H3,(H,13,16)/t8-,12-/m0/s1. The van der Waals surface area contributed by atoms with Crippen molar-refractivity contribution in [3.05, 3.63) is 12.2 Å². The minimum absolute atomic E-state index is 0.255. The van der Waals surface area contributed by atoms with Crippen molar-refractivity contribution in [3.8, 4) is 0 Å². The molecule has 1 fully saturated rings. The molecule has 1 N–H and O–H groups in total. The van der Waals surface area contributed by atoms with Gasteiger partial charge < -0.3 is 5.32 Å². The van der Waals surface area contributed by atoms with Crippen LogP contribution in [-0.4, -0.2) is 34.2 Å². The summed E-state index contributed by atoms with van der Waals surface area (Å²) in [5, 5.41) is 2.78. The smallest absolute Gasteiger partial charge is 0.255 e. The van der Waals surface area contributed by atoms with Crippen molar-refractivity contribution in [1.82, 2.24) is 10.2 Å². The molecule has 1 spiro atoms. The predicted octanol–water partition coefficient (Wildman–Crippen LogP) is 0.359. The Morgan fingerprint density at radius 2 is 2.18 bits per heavy atom. The lowest BCUT2D eigenvalue weighted by Crippen LogP contribution is -2.70. The molecule has 1 saturated heterocycles. The first-order valence-electron chi connectivity index (χ1n) is 5.79. The fourth-order valence-electron chi connectivity index (χ4n) is 2.48. The molecule has 5 nitrogen and oxygen atoms in total. The van der Waals surface area contributed by atoms with Gasteiger partial charge in [-0.05, 0) is 26.2 Å². The summed E-state index contributed by atoms with van der Waals surface area (Å²) in [6.07, 6.45) is 5.64. The van der Waals surface area contributed by atoms with Gasteiger partial charge in [0.15, 0.2) is 0 Å². The number of piperazine rings is 1. The number of amides is 3. The molecule has 0 unspecified atom stereocenters. The van der Waals surface area contributed by atoms with E-state index in [9.17, 15) is 14.4 Å². The van der Waals surface area contributed by atoms with E-state index < -0.39 is 11.6 Å². The average molecular weight is 236 g/mol. The van der Waals surface area contributed by atoms with Gasteiger partial charge >= 0.3 is 0 Å². The van der Waals surface area contributed by atoms with Gasteiger partial charge in [0.1, 0.15) is 11.6 Å². The summed E-state index contributed by atoms with van der Waals surface area (Å²) >= 11 is 0. The van der Waals surface area contributed by atoms with Crippen LogP contribution in [-0.2, 0) is 14.4 Å². The molecule has 0 aromatic rings. The van der Waals surface area contributed by atoms with E-state index in [1.165, 1.54) is 6.92 Å². The first-order valence-corrected chi connectivity index (χ1v) is 5.79. The summed E-state index contributed by atoms with van der Waals surface area (Å²) in [5.74, 6) is -0.900. The molecule has 17 heavy (non-hydrogen) atoms. The Morgan fingerprint density at radius 3 is 2.71 bits per heavy atom. The molecule has 1 aliphatic carbocycles. The van der Waals surface area contributed by atoms with E-state index in [0.29, 0.717) is 12.8 Å². The van der Waals surface area contributed by atoms with Gasteiger partial charge in [-0.2, -0.15) is 0 Å². The minimum Gasteiger partial charge on any atom is -0.340 e. The Bertz CT molecular complexity index is 416. The molecular formula is C12H16N2O3. The maximum atomic E-state index is 12.4. The van der Waals surface area contributed by atoms with Gasteiger partial charge in [-0.15, -0.1) is 0 Å². The molecule has 0 saturated carbocycles. The van der Waals surface area contributed by atoms with Crippen molar-refractivity contribution in [1.29, 1.82) is 0 Å². The topological polar surface area (TPSA) is 66.5 Å². The van der Waals surface area contributed by atoms with Crippen LogP contribution in [0.1, 0.15) is 33.1 Å². The Kier molecular flexibility index (Phi) is 2.77. The van der Waals surface area contributed by atoms with Gasteiger partial charge in [0.25, 0.3) is 5.91 Å². The minimum atomic E-state index is -0.899. The van der Waals surface area contributed by atoms with E-state index in [-0.39, 0.29) is 17.7 Å². The summed E-state index contributed by atoms with van der Waals surface area (Å²) < 4.78 is 0. The summed E-state index contributed by atoms with van der Waals surface area (Å²) in [6.45, 7) is 2.89. The number of hydrogen-bond donors (Lipinski definition) is 1. The van der Waals surface area contributed by atoms with Gasteiger partial charge in [0, 0.05) is 6.92 Å².